The second-order valence-corrected chi connectivity index (χ2v) is 12.7. The fourth-order valence-corrected chi connectivity index (χ4v) is 7.88. The lowest BCUT2D eigenvalue weighted by atomic mass is 9.56. The van der Waals surface area contributed by atoms with Gasteiger partial charge >= 0.3 is 0 Å². The molecule has 2 bridgehead atoms. The van der Waals surface area contributed by atoms with Crippen LogP contribution < -0.4 is 4.74 Å². The van der Waals surface area contributed by atoms with Crippen LogP contribution in [-0.4, -0.2) is 59.9 Å². The first-order valence-corrected chi connectivity index (χ1v) is 14.9. The predicted molar refractivity (Wildman–Crippen MR) is 146 cm³/mol. The van der Waals surface area contributed by atoms with E-state index in [1.165, 1.54) is 17.5 Å². The summed E-state index contributed by atoms with van der Waals surface area (Å²) in [5.74, 6) is 1.45. The number of hydrogen-bond donors (Lipinski definition) is 0. The van der Waals surface area contributed by atoms with Crippen LogP contribution in [0.2, 0.25) is 0 Å². The molecule has 39 heavy (non-hydrogen) atoms. The lowest BCUT2D eigenvalue weighted by molar-refractivity contribution is -0.614. The fourth-order valence-electron chi connectivity index (χ4n) is 7.88. The molecule has 1 aliphatic carbocycles. The number of nitrogens with zero attached hydrogens (tertiary/aromatic N) is 2. The van der Waals surface area contributed by atoms with E-state index in [2.05, 4.69) is 72.2 Å². The van der Waals surface area contributed by atoms with E-state index < -0.39 is 17.7 Å². The maximum Gasteiger partial charge on any atom is 0.205 e. The smallest absolute Gasteiger partial charge is 0.205 e. The lowest BCUT2D eigenvalue weighted by Crippen LogP contribution is -2.76. The summed E-state index contributed by atoms with van der Waals surface area (Å²) >= 11 is 0. The van der Waals surface area contributed by atoms with Crippen molar-refractivity contribution in [3.63, 3.8) is 0 Å². The third kappa shape index (κ3) is 4.71. The highest BCUT2D eigenvalue weighted by atomic mass is 17.3. The van der Waals surface area contributed by atoms with Gasteiger partial charge in [-0.1, -0.05) is 56.3 Å². The minimum absolute atomic E-state index is 0.159. The Balaban J connectivity index is 0.995. The van der Waals surface area contributed by atoms with Crippen LogP contribution in [0.4, 0.5) is 0 Å². The Morgan fingerprint density at radius 2 is 1.56 bits per heavy atom. The number of fused-ring (bicyclic) bond motifs is 1. The van der Waals surface area contributed by atoms with Gasteiger partial charge in [-0.05, 0) is 48.9 Å². The van der Waals surface area contributed by atoms with Gasteiger partial charge in [0.1, 0.15) is 5.75 Å². The fraction of sp³-hybridized carbons (Fsp3) is 0.625. The third-order valence-corrected chi connectivity index (χ3v) is 10.0. The molecule has 0 N–H and O–H groups in total. The molecule has 1 saturated carbocycles. The Morgan fingerprint density at radius 3 is 2.33 bits per heavy atom. The zero-order valence-electron chi connectivity index (χ0n) is 23.5. The Morgan fingerprint density at radius 1 is 0.846 bits per heavy atom. The molecule has 7 nitrogen and oxygen atoms in total. The van der Waals surface area contributed by atoms with E-state index in [0.717, 1.165) is 57.9 Å². The Hall–Kier alpha value is -2.00. The summed E-state index contributed by atoms with van der Waals surface area (Å²) in [6.07, 6.45) is 2.25. The third-order valence-electron chi connectivity index (χ3n) is 10.0. The largest absolute Gasteiger partial charge is 0.465 e. The zero-order valence-corrected chi connectivity index (χ0v) is 23.5. The molecule has 5 heterocycles. The van der Waals surface area contributed by atoms with Gasteiger partial charge in [-0.15, -0.1) is 0 Å². The van der Waals surface area contributed by atoms with Crippen molar-refractivity contribution in [3.8, 4) is 5.75 Å². The van der Waals surface area contributed by atoms with E-state index in [0.29, 0.717) is 11.8 Å². The Labute approximate surface area is 232 Å². The molecule has 8 atom stereocenters. The first-order chi connectivity index (χ1) is 18.9. The van der Waals surface area contributed by atoms with Crippen molar-refractivity contribution in [2.75, 3.05) is 26.2 Å². The summed E-state index contributed by atoms with van der Waals surface area (Å²) in [5.41, 5.74) is 2.12. The van der Waals surface area contributed by atoms with Crippen molar-refractivity contribution in [2.24, 2.45) is 23.7 Å². The van der Waals surface area contributed by atoms with Crippen molar-refractivity contribution in [1.29, 1.82) is 0 Å². The van der Waals surface area contributed by atoms with Crippen LogP contribution in [0.25, 0.3) is 0 Å². The molecule has 210 valence electrons. The Kier molecular flexibility index (Phi) is 6.73. The standard InChI is InChI=1S/C32H42N2O5/c1-22-12-13-27-23(2)29(36-30-32(27)28(22)19-31(3,37-30)38-39-32)35-26-11-7-10-25(18-26)21-34-16-14-33(15-17-34)20-24-8-5-4-6-9-24/h4-11,18,22-23,27-30H,12-17,19-21H2,1-3H3/t22-,23-,27?,28?,29+,30-,31+,32+/m1/s1. The van der Waals surface area contributed by atoms with Crippen LogP contribution in [-0.2, 0) is 32.3 Å². The SMILES string of the molecule is C[C@@H]1CCC2[C@@H](C)[C@@H](Oc3cccc(CN4CCN(Cc5ccccc5)CC4)c3)O[C@@H]3O[C@]4(C)CC1[C@@]23OO4. The molecule has 1 spiro atoms. The zero-order chi connectivity index (χ0) is 26.6. The normalized spacial score (nSPS) is 40.3. The summed E-state index contributed by atoms with van der Waals surface area (Å²) in [7, 11) is 0. The second kappa shape index (κ2) is 10.1. The quantitative estimate of drug-likeness (QED) is 0.472. The van der Waals surface area contributed by atoms with Gasteiger partial charge in [0.25, 0.3) is 0 Å². The molecule has 6 fully saturated rings. The molecule has 6 aliphatic rings. The summed E-state index contributed by atoms with van der Waals surface area (Å²) in [6.45, 7) is 12.8. The number of benzene rings is 2. The molecule has 0 radical (unpaired) electrons. The molecular formula is C32H42N2O5. The average Bonchev–Trinajstić information content (AvgIpc) is 2.94. The topological polar surface area (TPSA) is 52.6 Å². The van der Waals surface area contributed by atoms with Gasteiger partial charge in [-0.2, -0.15) is 0 Å². The predicted octanol–water partition coefficient (Wildman–Crippen LogP) is 5.20. The molecule has 2 unspecified atom stereocenters. The molecule has 2 aromatic carbocycles. The number of ether oxygens (including phenoxy) is 3. The maximum atomic E-state index is 6.57. The van der Waals surface area contributed by atoms with Gasteiger partial charge in [-0.25, -0.2) is 9.78 Å². The van der Waals surface area contributed by atoms with Gasteiger partial charge in [0.2, 0.25) is 12.1 Å². The van der Waals surface area contributed by atoms with Crippen molar-refractivity contribution >= 4 is 0 Å². The van der Waals surface area contributed by atoms with E-state index in [-0.39, 0.29) is 18.1 Å². The van der Waals surface area contributed by atoms with Crippen LogP contribution in [0.1, 0.15) is 51.2 Å². The van der Waals surface area contributed by atoms with Gasteiger partial charge in [0, 0.05) is 63.4 Å². The van der Waals surface area contributed by atoms with E-state index in [4.69, 9.17) is 24.0 Å². The van der Waals surface area contributed by atoms with Crippen LogP contribution in [0, 0.1) is 23.7 Å². The molecule has 2 aromatic rings. The van der Waals surface area contributed by atoms with Gasteiger partial charge < -0.3 is 14.2 Å². The van der Waals surface area contributed by atoms with Gasteiger partial charge in [-0.3, -0.25) is 9.80 Å². The lowest BCUT2D eigenvalue weighted by Gasteiger charge is -2.66. The summed E-state index contributed by atoms with van der Waals surface area (Å²) in [4.78, 5) is 17.1. The maximum absolute atomic E-state index is 6.57. The average molecular weight is 535 g/mol. The highest BCUT2D eigenvalue weighted by Crippen LogP contribution is 2.62. The first-order valence-electron chi connectivity index (χ1n) is 14.9. The first kappa shape index (κ1) is 25.9. The molecule has 5 aliphatic heterocycles. The minimum atomic E-state index is -0.761. The van der Waals surface area contributed by atoms with Crippen LogP contribution in [0.3, 0.4) is 0 Å². The Bertz CT molecular complexity index is 1160. The van der Waals surface area contributed by atoms with Gasteiger partial charge in [0.05, 0.1) is 0 Å². The van der Waals surface area contributed by atoms with Crippen molar-refractivity contribution in [1.82, 2.24) is 9.80 Å². The van der Waals surface area contributed by atoms with Crippen molar-refractivity contribution < 1.29 is 24.0 Å². The second-order valence-electron chi connectivity index (χ2n) is 12.7. The molecule has 7 heteroatoms. The molecule has 0 aromatic heterocycles. The summed E-state index contributed by atoms with van der Waals surface area (Å²) in [5, 5.41) is 0. The number of rotatable bonds is 6. The summed E-state index contributed by atoms with van der Waals surface area (Å²) in [6, 6.07) is 19.3. The van der Waals surface area contributed by atoms with E-state index >= 15 is 0 Å². The summed E-state index contributed by atoms with van der Waals surface area (Å²) < 4.78 is 19.5. The van der Waals surface area contributed by atoms with E-state index in [1.54, 1.807) is 0 Å². The van der Waals surface area contributed by atoms with Crippen molar-refractivity contribution in [2.45, 2.75) is 77.1 Å². The van der Waals surface area contributed by atoms with Crippen LogP contribution in [0.15, 0.2) is 54.6 Å². The molecular weight excluding hydrogens is 492 g/mol. The monoisotopic (exact) mass is 534 g/mol. The highest BCUT2D eigenvalue weighted by molar-refractivity contribution is 5.29. The molecule has 5 saturated heterocycles. The van der Waals surface area contributed by atoms with Crippen molar-refractivity contribution in [3.05, 3.63) is 65.7 Å². The number of hydrogen-bond acceptors (Lipinski definition) is 7. The van der Waals surface area contributed by atoms with Crippen LogP contribution in [0.5, 0.6) is 5.75 Å². The van der Waals surface area contributed by atoms with Gasteiger partial charge in [0.15, 0.2) is 11.9 Å². The van der Waals surface area contributed by atoms with E-state index in [9.17, 15) is 0 Å². The molecule has 8 rings (SSSR count). The highest BCUT2D eigenvalue weighted by Gasteiger charge is 2.72. The molecule has 0 amide bonds. The number of piperazine rings is 1. The van der Waals surface area contributed by atoms with E-state index in [1.807, 2.05) is 13.0 Å². The van der Waals surface area contributed by atoms with Crippen LogP contribution >= 0.6 is 0 Å². The minimum Gasteiger partial charge on any atom is -0.465 e.